The maximum atomic E-state index is 13.8. The van der Waals surface area contributed by atoms with Gasteiger partial charge in [0.25, 0.3) is 11.5 Å². The molecule has 0 atom stereocenters. The van der Waals surface area contributed by atoms with E-state index in [9.17, 15) is 32.3 Å². The Morgan fingerprint density at radius 3 is 2.34 bits per heavy atom. The molecule has 0 saturated carbocycles. The number of alkyl halides is 3. The van der Waals surface area contributed by atoms with Crippen molar-refractivity contribution in [3.8, 4) is 17.0 Å². The van der Waals surface area contributed by atoms with Crippen LogP contribution in [-0.4, -0.2) is 22.1 Å². The second-order valence-corrected chi connectivity index (χ2v) is 7.37. The average molecular weight is 448 g/mol. The fraction of sp³-hybridized carbons (Fsp3) is 0.217. The molecule has 0 bridgehead atoms. The van der Waals surface area contributed by atoms with Crippen LogP contribution in [0.3, 0.4) is 0 Å². The Bertz CT molecular complexity index is 1200. The minimum Gasteiger partial charge on any atom is -0.502 e. The van der Waals surface area contributed by atoms with E-state index in [0.717, 1.165) is 16.7 Å². The topological polar surface area (TPSA) is 71.3 Å². The van der Waals surface area contributed by atoms with E-state index < -0.39 is 34.8 Å². The number of carbonyl (C=O) groups excluding carboxylic acids is 1. The molecule has 1 aromatic heterocycles. The number of halogens is 4. The molecule has 3 rings (SSSR count). The van der Waals surface area contributed by atoms with Gasteiger partial charge in [-0.05, 0) is 60.9 Å². The number of nitrogens with zero attached hydrogens (tertiary/aromatic N) is 1. The van der Waals surface area contributed by atoms with Crippen LogP contribution in [-0.2, 0) is 19.6 Å². The molecule has 0 unspecified atom stereocenters. The maximum absolute atomic E-state index is 13.8. The molecule has 32 heavy (non-hydrogen) atoms. The first kappa shape index (κ1) is 23.1. The van der Waals surface area contributed by atoms with Gasteiger partial charge in [0.05, 0.1) is 16.8 Å². The molecular formula is C23H20F4N2O3. The van der Waals surface area contributed by atoms with E-state index in [4.69, 9.17) is 0 Å². The number of benzene rings is 2. The van der Waals surface area contributed by atoms with Gasteiger partial charge in [-0.2, -0.15) is 13.2 Å². The third-order valence-electron chi connectivity index (χ3n) is 4.97. The maximum Gasteiger partial charge on any atom is 0.416 e. The lowest BCUT2D eigenvalue weighted by molar-refractivity contribution is -0.137. The highest BCUT2D eigenvalue weighted by molar-refractivity contribution is 5.97. The Morgan fingerprint density at radius 1 is 1.09 bits per heavy atom. The second-order valence-electron chi connectivity index (χ2n) is 7.37. The van der Waals surface area contributed by atoms with Crippen molar-refractivity contribution in [2.45, 2.75) is 19.5 Å². The van der Waals surface area contributed by atoms with Crippen LogP contribution < -0.4 is 10.9 Å². The summed E-state index contributed by atoms with van der Waals surface area (Å²) in [6.07, 6.45) is -4.19. The molecule has 0 fully saturated rings. The lowest BCUT2D eigenvalue weighted by Crippen LogP contribution is -2.29. The Labute approximate surface area is 180 Å². The molecule has 1 heterocycles. The summed E-state index contributed by atoms with van der Waals surface area (Å²) in [7, 11) is 1.39. The first-order chi connectivity index (χ1) is 15.0. The Morgan fingerprint density at radius 2 is 1.75 bits per heavy atom. The lowest BCUT2D eigenvalue weighted by Gasteiger charge is -2.14. The molecule has 5 nitrogen and oxygen atoms in total. The van der Waals surface area contributed by atoms with Crippen molar-refractivity contribution in [2.75, 3.05) is 6.54 Å². The van der Waals surface area contributed by atoms with Crippen LogP contribution in [0.1, 0.15) is 27.0 Å². The van der Waals surface area contributed by atoms with E-state index in [2.05, 4.69) is 5.32 Å². The van der Waals surface area contributed by atoms with Gasteiger partial charge in [0.15, 0.2) is 5.75 Å². The number of aryl methyl sites for hydroxylation is 1. The summed E-state index contributed by atoms with van der Waals surface area (Å²) in [6.45, 7) is 1.74. The van der Waals surface area contributed by atoms with Gasteiger partial charge in [0.2, 0.25) is 0 Å². The predicted molar refractivity (Wildman–Crippen MR) is 111 cm³/mol. The predicted octanol–water partition coefficient (Wildman–Crippen LogP) is 4.20. The minimum absolute atomic E-state index is 0.0628. The van der Waals surface area contributed by atoms with E-state index in [0.29, 0.717) is 16.7 Å². The van der Waals surface area contributed by atoms with Crippen LogP contribution in [0.5, 0.6) is 5.75 Å². The van der Waals surface area contributed by atoms with Gasteiger partial charge in [-0.25, -0.2) is 4.39 Å². The monoisotopic (exact) mass is 448 g/mol. The van der Waals surface area contributed by atoms with Gasteiger partial charge < -0.3 is 15.0 Å². The minimum atomic E-state index is -4.43. The molecule has 168 valence electrons. The van der Waals surface area contributed by atoms with Crippen LogP contribution in [0.15, 0.2) is 53.3 Å². The molecule has 0 aliphatic carbocycles. The van der Waals surface area contributed by atoms with Crippen molar-refractivity contribution in [3.63, 3.8) is 0 Å². The van der Waals surface area contributed by atoms with Gasteiger partial charge >= 0.3 is 6.18 Å². The van der Waals surface area contributed by atoms with Crippen molar-refractivity contribution in [1.82, 2.24) is 9.88 Å². The fourth-order valence-corrected chi connectivity index (χ4v) is 3.30. The first-order valence-corrected chi connectivity index (χ1v) is 9.62. The van der Waals surface area contributed by atoms with Gasteiger partial charge in [-0.1, -0.05) is 12.1 Å². The normalized spacial score (nSPS) is 11.4. The van der Waals surface area contributed by atoms with Crippen molar-refractivity contribution in [3.05, 3.63) is 87.0 Å². The number of rotatable bonds is 5. The Balaban J connectivity index is 1.79. The number of nitrogens with one attached hydrogen (secondary N) is 1. The zero-order valence-corrected chi connectivity index (χ0v) is 17.3. The summed E-state index contributed by atoms with van der Waals surface area (Å²) < 4.78 is 52.8. The smallest absolute Gasteiger partial charge is 0.416 e. The van der Waals surface area contributed by atoms with E-state index in [-0.39, 0.29) is 24.2 Å². The summed E-state index contributed by atoms with van der Waals surface area (Å²) in [5.74, 6) is -2.00. The van der Waals surface area contributed by atoms with Crippen molar-refractivity contribution in [1.29, 1.82) is 0 Å². The summed E-state index contributed by atoms with van der Waals surface area (Å²) in [6, 6.07) is 10.0. The zero-order chi connectivity index (χ0) is 23.6. The average Bonchev–Trinajstić information content (AvgIpc) is 2.71. The Kier molecular flexibility index (Phi) is 6.38. The van der Waals surface area contributed by atoms with Gasteiger partial charge in [0.1, 0.15) is 5.82 Å². The highest BCUT2D eigenvalue weighted by Crippen LogP contribution is 2.29. The number of aromatic nitrogens is 1. The summed E-state index contributed by atoms with van der Waals surface area (Å²) in [4.78, 5) is 25.0. The third kappa shape index (κ3) is 4.99. The SMILES string of the molecule is Cc1cc(F)cc(-c2cc(C(=O)NCCc3ccc(C(F)(F)F)cc3)c(O)c(=O)n2C)c1. The largest absolute Gasteiger partial charge is 0.502 e. The second kappa shape index (κ2) is 8.86. The summed E-state index contributed by atoms with van der Waals surface area (Å²) >= 11 is 0. The fourth-order valence-electron chi connectivity index (χ4n) is 3.30. The zero-order valence-electron chi connectivity index (χ0n) is 17.3. The third-order valence-corrected chi connectivity index (χ3v) is 4.97. The number of pyridine rings is 1. The van der Waals surface area contributed by atoms with Gasteiger partial charge in [-0.15, -0.1) is 0 Å². The van der Waals surface area contributed by atoms with Crippen molar-refractivity contribution in [2.24, 2.45) is 7.05 Å². The van der Waals surface area contributed by atoms with Gasteiger partial charge in [-0.3, -0.25) is 9.59 Å². The van der Waals surface area contributed by atoms with E-state index in [1.54, 1.807) is 13.0 Å². The number of amides is 1. The summed E-state index contributed by atoms with van der Waals surface area (Å²) in [5, 5.41) is 12.7. The number of aromatic hydroxyl groups is 1. The highest BCUT2D eigenvalue weighted by atomic mass is 19.4. The van der Waals surface area contributed by atoms with Crippen molar-refractivity contribution < 1.29 is 27.5 Å². The van der Waals surface area contributed by atoms with E-state index in [1.807, 2.05) is 0 Å². The standard InChI is InChI=1S/C23H20F4N2O3/c1-13-9-15(11-17(24)10-13)19-12-18(20(30)22(32)29(19)2)21(31)28-8-7-14-3-5-16(6-4-14)23(25,26)27/h3-6,9-12,30H,7-8H2,1-2H3,(H,28,31). The molecule has 2 N–H and O–H groups in total. The van der Waals surface area contributed by atoms with Crippen molar-refractivity contribution >= 4 is 5.91 Å². The Hall–Kier alpha value is -3.62. The molecule has 1 amide bonds. The van der Waals surface area contributed by atoms with Crippen LogP contribution in [0.25, 0.3) is 11.3 Å². The first-order valence-electron chi connectivity index (χ1n) is 9.62. The van der Waals surface area contributed by atoms with Crippen LogP contribution in [0.4, 0.5) is 17.6 Å². The molecule has 0 saturated heterocycles. The molecule has 2 aromatic carbocycles. The lowest BCUT2D eigenvalue weighted by atomic mass is 10.0. The van der Waals surface area contributed by atoms with Gasteiger partial charge in [0, 0.05) is 19.2 Å². The van der Waals surface area contributed by atoms with Crippen LogP contribution in [0, 0.1) is 12.7 Å². The quantitative estimate of drug-likeness (QED) is 0.575. The molecule has 0 aliphatic rings. The number of hydrogen-bond donors (Lipinski definition) is 2. The van der Waals surface area contributed by atoms with E-state index >= 15 is 0 Å². The molecule has 0 spiro atoms. The number of carbonyl (C=O) groups is 1. The number of hydrogen-bond acceptors (Lipinski definition) is 3. The summed E-state index contributed by atoms with van der Waals surface area (Å²) in [5.41, 5.74) is -0.0834. The van der Waals surface area contributed by atoms with E-state index in [1.165, 1.54) is 37.4 Å². The molecule has 0 radical (unpaired) electrons. The molecule has 9 heteroatoms. The molecule has 0 aliphatic heterocycles. The van der Waals surface area contributed by atoms with Crippen LogP contribution in [0.2, 0.25) is 0 Å². The molecular weight excluding hydrogens is 428 g/mol. The molecule has 3 aromatic rings. The highest BCUT2D eigenvalue weighted by Gasteiger charge is 2.29. The van der Waals surface area contributed by atoms with Crippen LogP contribution >= 0.6 is 0 Å².